The second-order valence-electron chi connectivity index (χ2n) is 6.41. The lowest BCUT2D eigenvalue weighted by atomic mass is 10.0. The van der Waals surface area contributed by atoms with E-state index in [0.717, 1.165) is 19.5 Å². The molecule has 2 atom stereocenters. The standard InChI is InChI=1S/C18H28N2O3S/c1-3-20(4-2)17(12-15-8-6-5-7-9-15)13-19-18(21)16-10-11-24(22,23)14-16/h5-9,16-17H,3-4,10-14H2,1-2H3,(H,19,21)/t16-,17+/m1/s1. The van der Waals surface area contributed by atoms with E-state index in [1.165, 1.54) is 5.56 Å². The molecule has 6 heteroatoms. The lowest BCUT2D eigenvalue weighted by molar-refractivity contribution is -0.124. The maximum Gasteiger partial charge on any atom is 0.224 e. The molecule has 24 heavy (non-hydrogen) atoms. The van der Waals surface area contributed by atoms with Crippen LogP contribution in [0.1, 0.15) is 25.8 Å². The van der Waals surface area contributed by atoms with Crippen LogP contribution < -0.4 is 5.32 Å². The molecule has 0 unspecified atom stereocenters. The Kier molecular flexibility index (Phi) is 6.80. The van der Waals surface area contributed by atoms with Crippen LogP contribution in [0.25, 0.3) is 0 Å². The van der Waals surface area contributed by atoms with Crippen LogP contribution in [0.5, 0.6) is 0 Å². The number of carbonyl (C=O) groups is 1. The minimum atomic E-state index is -3.02. The minimum absolute atomic E-state index is 0.00649. The number of rotatable bonds is 8. The van der Waals surface area contributed by atoms with Crippen molar-refractivity contribution in [3.63, 3.8) is 0 Å². The summed E-state index contributed by atoms with van der Waals surface area (Å²) in [6, 6.07) is 10.5. The molecule has 1 fully saturated rings. The molecule has 0 bridgehead atoms. The van der Waals surface area contributed by atoms with Gasteiger partial charge in [0.25, 0.3) is 0 Å². The number of amides is 1. The number of benzene rings is 1. The van der Waals surface area contributed by atoms with Crippen LogP contribution in [0.2, 0.25) is 0 Å². The fourth-order valence-electron chi connectivity index (χ4n) is 3.32. The first-order valence-electron chi connectivity index (χ1n) is 8.71. The van der Waals surface area contributed by atoms with E-state index in [-0.39, 0.29) is 29.4 Å². The van der Waals surface area contributed by atoms with Gasteiger partial charge in [-0.3, -0.25) is 9.69 Å². The number of hydrogen-bond donors (Lipinski definition) is 1. The number of hydrogen-bond acceptors (Lipinski definition) is 4. The summed E-state index contributed by atoms with van der Waals surface area (Å²) < 4.78 is 23.1. The quantitative estimate of drug-likeness (QED) is 0.770. The zero-order valence-electron chi connectivity index (χ0n) is 14.6. The van der Waals surface area contributed by atoms with E-state index in [4.69, 9.17) is 0 Å². The molecule has 1 aliphatic rings. The number of likely N-dealkylation sites (N-methyl/N-ethyl adjacent to an activating group) is 1. The maximum absolute atomic E-state index is 12.3. The summed E-state index contributed by atoms with van der Waals surface area (Å²) in [7, 11) is -3.02. The van der Waals surface area contributed by atoms with Crippen molar-refractivity contribution >= 4 is 15.7 Å². The normalized spacial score (nSPS) is 20.9. The Morgan fingerprint density at radius 2 is 1.92 bits per heavy atom. The van der Waals surface area contributed by atoms with Gasteiger partial charge in [-0.25, -0.2) is 8.42 Å². The Hall–Kier alpha value is -1.40. The molecule has 0 aromatic heterocycles. The van der Waals surface area contributed by atoms with Crippen molar-refractivity contribution in [2.24, 2.45) is 5.92 Å². The van der Waals surface area contributed by atoms with Gasteiger partial charge in [0.05, 0.1) is 17.4 Å². The Bertz CT molecular complexity index is 627. The highest BCUT2D eigenvalue weighted by Crippen LogP contribution is 2.18. The van der Waals surface area contributed by atoms with E-state index in [2.05, 4.69) is 36.2 Å². The first kappa shape index (κ1) is 18.9. The van der Waals surface area contributed by atoms with E-state index in [0.29, 0.717) is 13.0 Å². The molecule has 1 aromatic rings. The van der Waals surface area contributed by atoms with Crippen molar-refractivity contribution in [2.75, 3.05) is 31.1 Å². The molecular weight excluding hydrogens is 324 g/mol. The Balaban J connectivity index is 1.96. The lowest BCUT2D eigenvalue weighted by Gasteiger charge is -2.30. The van der Waals surface area contributed by atoms with E-state index in [1.54, 1.807) is 0 Å². The predicted molar refractivity (Wildman–Crippen MR) is 96.6 cm³/mol. The van der Waals surface area contributed by atoms with Gasteiger partial charge in [0.1, 0.15) is 0 Å². The van der Waals surface area contributed by atoms with E-state index >= 15 is 0 Å². The van der Waals surface area contributed by atoms with E-state index in [9.17, 15) is 13.2 Å². The van der Waals surface area contributed by atoms with Crippen LogP contribution in [0, 0.1) is 5.92 Å². The summed E-state index contributed by atoms with van der Waals surface area (Å²) in [6.07, 6.45) is 1.31. The SMILES string of the molecule is CCN(CC)[C@H](CNC(=O)[C@@H]1CCS(=O)(=O)C1)Cc1ccccc1. The van der Waals surface area contributed by atoms with Crippen LogP contribution in [0.15, 0.2) is 30.3 Å². The van der Waals surface area contributed by atoms with Gasteiger partial charge in [-0.15, -0.1) is 0 Å². The Morgan fingerprint density at radius 1 is 1.25 bits per heavy atom. The first-order valence-corrected chi connectivity index (χ1v) is 10.5. The van der Waals surface area contributed by atoms with Gasteiger partial charge in [-0.2, -0.15) is 0 Å². The molecule has 0 aliphatic carbocycles. The third kappa shape index (κ3) is 5.31. The molecule has 1 saturated heterocycles. The molecule has 2 rings (SSSR count). The Labute approximate surface area is 145 Å². The molecule has 1 amide bonds. The van der Waals surface area contributed by atoms with Crippen LogP contribution >= 0.6 is 0 Å². The fraction of sp³-hybridized carbons (Fsp3) is 0.611. The largest absolute Gasteiger partial charge is 0.354 e. The molecular formula is C18H28N2O3S. The Morgan fingerprint density at radius 3 is 2.46 bits per heavy atom. The second kappa shape index (κ2) is 8.62. The monoisotopic (exact) mass is 352 g/mol. The fourth-order valence-corrected chi connectivity index (χ4v) is 5.06. The summed E-state index contributed by atoms with van der Waals surface area (Å²) in [5.74, 6) is -0.382. The molecule has 1 aliphatic heterocycles. The molecule has 134 valence electrons. The van der Waals surface area contributed by atoms with Gasteiger partial charge in [0.15, 0.2) is 9.84 Å². The van der Waals surface area contributed by atoms with Crippen LogP contribution in [-0.4, -0.2) is 56.4 Å². The van der Waals surface area contributed by atoms with Crippen molar-refractivity contribution in [3.8, 4) is 0 Å². The zero-order valence-corrected chi connectivity index (χ0v) is 15.4. The summed E-state index contributed by atoms with van der Waals surface area (Å²) in [6.45, 7) is 6.62. The minimum Gasteiger partial charge on any atom is -0.354 e. The third-order valence-corrected chi connectivity index (χ3v) is 6.53. The van der Waals surface area contributed by atoms with Gasteiger partial charge >= 0.3 is 0 Å². The van der Waals surface area contributed by atoms with Gasteiger partial charge in [-0.1, -0.05) is 44.2 Å². The second-order valence-corrected chi connectivity index (χ2v) is 8.64. The molecule has 1 N–H and O–H groups in total. The lowest BCUT2D eigenvalue weighted by Crippen LogP contribution is -2.46. The van der Waals surface area contributed by atoms with Crippen molar-refractivity contribution in [3.05, 3.63) is 35.9 Å². The summed E-state index contributed by atoms with van der Waals surface area (Å²) in [5.41, 5.74) is 1.24. The summed E-state index contributed by atoms with van der Waals surface area (Å²) in [4.78, 5) is 14.6. The number of sulfone groups is 1. The summed E-state index contributed by atoms with van der Waals surface area (Å²) in [5, 5.41) is 2.99. The number of nitrogens with zero attached hydrogens (tertiary/aromatic N) is 1. The first-order chi connectivity index (χ1) is 11.4. The van der Waals surface area contributed by atoms with Gasteiger partial charge in [0, 0.05) is 12.6 Å². The van der Waals surface area contributed by atoms with Crippen molar-refractivity contribution in [1.29, 1.82) is 0 Å². The van der Waals surface area contributed by atoms with E-state index < -0.39 is 9.84 Å². The third-order valence-electron chi connectivity index (χ3n) is 4.76. The highest BCUT2D eigenvalue weighted by atomic mass is 32.2. The van der Waals surface area contributed by atoms with Crippen molar-refractivity contribution < 1.29 is 13.2 Å². The number of nitrogens with one attached hydrogen (secondary N) is 1. The average Bonchev–Trinajstić information content (AvgIpc) is 2.94. The molecule has 5 nitrogen and oxygen atoms in total. The highest BCUT2D eigenvalue weighted by molar-refractivity contribution is 7.91. The molecule has 0 spiro atoms. The van der Waals surface area contributed by atoms with Crippen LogP contribution in [-0.2, 0) is 21.1 Å². The van der Waals surface area contributed by atoms with Crippen molar-refractivity contribution in [2.45, 2.75) is 32.7 Å². The van der Waals surface area contributed by atoms with Crippen LogP contribution in [0.3, 0.4) is 0 Å². The molecule has 0 saturated carbocycles. The maximum atomic E-state index is 12.3. The summed E-state index contributed by atoms with van der Waals surface area (Å²) >= 11 is 0. The predicted octanol–water partition coefficient (Wildman–Crippen LogP) is 1.49. The molecule has 1 aromatic carbocycles. The number of carbonyl (C=O) groups excluding carboxylic acids is 1. The highest BCUT2D eigenvalue weighted by Gasteiger charge is 2.33. The van der Waals surface area contributed by atoms with Crippen LogP contribution in [0.4, 0.5) is 0 Å². The molecule has 1 heterocycles. The van der Waals surface area contributed by atoms with E-state index in [1.807, 2.05) is 18.2 Å². The average molecular weight is 353 g/mol. The topological polar surface area (TPSA) is 66.5 Å². The van der Waals surface area contributed by atoms with Crippen molar-refractivity contribution in [1.82, 2.24) is 10.2 Å². The van der Waals surface area contributed by atoms with Gasteiger partial charge in [-0.05, 0) is 31.5 Å². The van der Waals surface area contributed by atoms with Gasteiger partial charge < -0.3 is 5.32 Å². The van der Waals surface area contributed by atoms with Gasteiger partial charge in [0.2, 0.25) is 5.91 Å². The molecule has 0 radical (unpaired) electrons. The zero-order chi connectivity index (χ0) is 17.6. The smallest absolute Gasteiger partial charge is 0.224 e.